The van der Waals surface area contributed by atoms with Crippen LogP contribution in [0.4, 0.5) is 5.69 Å². The highest BCUT2D eigenvalue weighted by atomic mass is 32.2. The second-order valence-corrected chi connectivity index (χ2v) is 10.7. The lowest BCUT2D eigenvalue weighted by Gasteiger charge is -2.28. The summed E-state index contributed by atoms with van der Waals surface area (Å²) >= 11 is 0. The molecule has 32 heavy (non-hydrogen) atoms. The van der Waals surface area contributed by atoms with E-state index in [2.05, 4.69) is 0 Å². The molecule has 1 unspecified atom stereocenters. The first-order valence-electron chi connectivity index (χ1n) is 10.6. The highest BCUT2D eigenvalue weighted by Gasteiger charge is 2.35. The number of amides is 1. The third-order valence-electron chi connectivity index (χ3n) is 5.98. The van der Waals surface area contributed by atoms with Crippen molar-refractivity contribution >= 4 is 32.4 Å². The topological polar surface area (TPSA) is 80.1 Å². The van der Waals surface area contributed by atoms with Gasteiger partial charge < -0.3 is 19.0 Å². The fourth-order valence-electron chi connectivity index (χ4n) is 4.13. The number of rotatable bonds is 7. The molecule has 2 aromatic carbocycles. The molecule has 0 N–H and O–H groups in total. The molecule has 3 aromatic rings. The lowest BCUT2D eigenvalue weighted by Crippen LogP contribution is -2.41. The standard InChI is InChI=1S/C24H28N2O5S/c1-25(2)19-6-4-17(5-7-19)14-26(20-10-11-32(28,29)16-20)24(27)12-18-15-31-23-9-8-21(30-3)13-22(18)23/h4-9,13,15,20H,10-12,14,16H2,1-3H3. The Labute approximate surface area is 188 Å². The molecule has 0 spiro atoms. The van der Waals surface area contributed by atoms with Crippen LogP contribution < -0.4 is 9.64 Å². The Kier molecular flexibility index (Phi) is 6.15. The minimum atomic E-state index is -3.13. The largest absolute Gasteiger partial charge is 0.497 e. The molecule has 0 bridgehead atoms. The Balaban J connectivity index is 1.60. The molecule has 0 radical (unpaired) electrons. The second kappa shape index (κ2) is 8.86. The van der Waals surface area contributed by atoms with Crippen molar-refractivity contribution in [2.45, 2.75) is 25.4 Å². The van der Waals surface area contributed by atoms with Gasteiger partial charge in [-0.3, -0.25) is 4.79 Å². The normalized spacial score (nSPS) is 17.4. The zero-order valence-electron chi connectivity index (χ0n) is 18.6. The van der Waals surface area contributed by atoms with E-state index in [0.29, 0.717) is 24.3 Å². The zero-order valence-corrected chi connectivity index (χ0v) is 19.4. The number of benzene rings is 2. The van der Waals surface area contributed by atoms with Crippen molar-refractivity contribution in [1.82, 2.24) is 4.90 Å². The lowest BCUT2D eigenvalue weighted by molar-refractivity contribution is -0.133. The SMILES string of the molecule is COc1ccc2occ(CC(=O)N(Cc3ccc(N(C)C)cc3)C3CCS(=O)(=O)C3)c2c1. The van der Waals surface area contributed by atoms with Gasteiger partial charge in [-0.05, 0) is 42.3 Å². The summed E-state index contributed by atoms with van der Waals surface area (Å²) in [6, 6.07) is 13.1. The van der Waals surface area contributed by atoms with Crippen LogP contribution in [0.2, 0.25) is 0 Å². The third kappa shape index (κ3) is 4.75. The van der Waals surface area contributed by atoms with Gasteiger partial charge in [-0.2, -0.15) is 0 Å². The number of carbonyl (C=O) groups excluding carboxylic acids is 1. The van der Waals surface area contributed by atoms with Crippen molar-refractivity contribution in [2.75, 3.05) is 37.6 Å². The Morgan fingerprint density at radius 3 is 2.53 bits per heavy atom. The molecular weight excluding hydrogens is 428 g/mol. The minimum absolute atomic E-state index is 0.00841. The maximum Gasteiger partial charge on any atom is 0.227 e. The molecule has 0 saturated carbocycles. The zero-order chi connectivity index (χ0) is 22.9. The number of carbonyl (C=O) groups is 1. The van der Waals surface area contributed by atoms with Gasteiger partial charge in [0.05, 0.1) is 31.3 Å². The van der Waals surface area contributed by atoms with Crippen molar-refractivity contribution in [2.24, 2.45) is 0 Å². The summed E-state index contributed by atoms with van der Waals surface area (Å²) in [4.78, 5) is 17.2. The molecule has 1 atom stereocenters. The summed E-state index contributed by atoms with van der Waals surface area (Å²) in [6.45, 7) is 0.367. The summed E-state index contributed by atoms with van der Waals surface area (Å²) in [5, 5.41) is 0.826. The molecule has 1 aliphatic rings. The van der Waals surface area contributed by atoms with Crippen LogP contribution in [-0.2, 0) is 27.6 Å². The Bertz CT molecular complexity index is 1210. The number of furan rings is 1. The summed E-state index contributed by atoms with van der Waals surface area (Å²) in [7, 11) is 2.41. The lowest BCUT2D eigenvalue weighted by atomic mass is 10.1. The van der Waals surface area contributed by atoms with E-state index in [9.17, 15) is 13.2 Å². The number of sulfone groups is 1. The van der Waals surface area contributed by atoms with E-state index in [1.54, 1.807) is 18.3 Å². The molecule has 4 rings (SSSR count). The average Bonchev–Trinajstić information content (AvgIpc) is 3.34. The monoisotopic (exact) mass is 456 g/mol. The first-order chi connectivity index (χ1) is 15.3. The van der Waals surface area contributed by atoms with Gasteiger partial charge in [0.1, 0.15) is 11.3 Å². The van der Waals surface area contributed by atoms with Gasteiger partial charge >= 0.3 is 0 Å². The van der Waals surface area contributed by atoms with Crippen LogP contribution in [0.25, 0.3) is 11.0 Å². The fourth-order valence-corrected chi connectivity index (χ4v) is 5.86. The molecule has 1 fully saturated rings. The minimum Gasteiger partial charge on any atom is -0.497 e. The van der Waals surface area contributed by atoms with Gasteiger partial charge in [0.15, 0.2) is 9.84 Å². The maximum atomic E-state index is 13.4. The smallest absolute Gasteiger partial charge is 0.227 e. The van der Waals surface area contributed by atoms with Crippen LogP contribution in [-0.4, -0.2) is 58.0 Å². The van der Waals surface area contributed by atoms with E-state index >= 15 is 0 Å². The van der Waals surface area contributed by atoms with E-state index < -0.39 is 9.84 Å². The molecule has 1 amide bonds. The van der Waals surface area contributed by atoms with Gasteiger partial charge in [0, 0.05) is 43.3 Å². The quantitative estimate of drug-likeness (QED) is 0.543. The number of anilines is 1. The Morgan fingerprint density at radius 2 is 1.91 bits per heavy atom. The van der Waals surface area contributed by atoms with E-state index in [1.807, 2.05) is 61.5 Å². The van der Waals surface area contributed by atoms with Crippen molar-refractivity contribution in [3.05, 3.63) is 59.9 Å². The van der Waals surface area contributed by atoms with Crippen LogP contribution in [0.15, 0.2) is 53.1 Å². The van der Waals surface area contributed by atoms with E-state index in [-0.39, 0.29) is 29.9 Å². The number of nitrogens with zero attached hydrogens (tertiary/aromatic N) is 2. The first-order valence-corrected chi connectivity index (χ1v) is 12.4. The summed E-state index contributed by atoms with van der Waals surface area (Å²) in [6.07, 6.45) is 2.19. The van der Waals surface area contributed by atoms with E-state index in [1.165, 1.54) is 0 Å². The van der Waals surface area contributed by atoms with Crippen LogP contribution in [0, 0.1) is 0 Å². The molecule has 170 valence electrons. The molecule has 1 aliphatic heterocycles. The summed E-state index contributed by atoms with van der Waals surface area (Å²) in [5.74, 6) is 0.697. The van der Waals surface area contributed by atoms with Crippen molar-refractivity contribution in [3.63, 3.8) is 0 Å². The summed E-state index contributed by atoms with van der Waals surface area (Å²) < 4.78 is 35.2. The molecule has 7 nitrogen and oxygen atoms in total. The molecule has 8 heteroatoms. The molecule has 1 saturated heterocycles. The van der Waals surface area contributed by atoms with Gasteiger partial charge in [-0.1, -0.05) is 12.1 Å². The van der Waals surface area contributed by atoms with Crippen molar-refractivity contribution < 1.29 is 22.4 Å². The van der Waals surface area contributed by atoms with Crippen LogP contribution in [0.1, 0.15) is 17.5 Å². The summed E-state index contributed by atoms with van der Waals surface area (Å²) in [5.41, 5.74) is 3.47. The number of hydrogen-bond donors (Lipinski definition) is 0. The van der Waals surface area contributed by atoms with Gasteiger partial charge in [-0.15, -0.1) is 0 Å². The van der Waals surface area contributed by atoms with Crippen molar-refractivity contribution in [3.8, 4) is 5.75 Å². The third-order valence-corrected chi connectivity index (χ3v) is 7.73. The number of ether oxygens (including phenoxy) is 1. The predicted molar refractivity (Wildman–Crippen MR) is 125 cm³/mol. The predicted octanol–water partition coefficient (Wildman–Crippen LogP) is 3.27. The number of methoxy groups -OCH3 is 1. The Morgan fingerprint density at radius 1 is 1.16 bits per heavy atom. The van der Waals surface area contributed by atoms with Gasteiger partial charge in [0.25, 0.3) is 0 Å². The highest BCUT2D eigenvalue weighted by Crippen LogP contribution is 2.28. The fraction of sp³-hybridized carbons (Fsp3) is 0.375. The Hall–Kier alpha value is -3.00. The molecule has 2 heterocycles. The maximum absolute atomic E-state index is 13.4. The first kappa shape index (κ1) is 22.2. The molecule has 1 aromatic heterocycles. The van der Waals surface area contributed by atoms with Crippen molar-refractivity contribution in [1.29, 1.82) is 0 Å². The van der Waals surface area contributed by atoms with Gasteiger partial charge in [-0.25, -0.2) is 8.42 Å². The number of fused-ring (bicyclic) bond motifs is 1. The van der Waals surface area contributed by atoms with Gasteiger partial charge in [0.2, 0.25) is 5.91 Å². The van der Waals surface area contributed by atoms with E-state index in [0.717, 1.165) is 22.2 Å². The average molecular weight is 457 g/mol. The second-order valence-electron chi connectivity index (χ2n) is 8.44. The van der Waals surface area contributed by atoms with Crippen LogP contribution >= 0.6 is 0 Å². The molecular formula is C24H28N2O5S. The van der Waals surface area contributed by atoms with Crippen LogP contribution in [0.3, 0.4) is 0 Å². The van der Waals surface area contributed by atoms with E-state index in [4.69, 9.17) is 9.15 Å². The number of hydrogen-bond acceptors (Lipinski definition) is 6. The molecule has 0 aliphatic carbocycles. The highest BCUT2D eigenvalue weighted by molar-refractivity contribution is 7.91. The van der Waals surface area contributed by atoms with Crippen LogP contribution in [0.5, 0.6) is 5.75 Å².